The van der Waals surface area contributed by atoms with Crippen molar-refractivity contribution in [3.8, 4) is 5.75 Å². The minimum absolute atomic E-state index is 0.0261. The Bertz CT molecular complexity index is 1090. The Morgan fingerprint density at radius 1 is 1.24 bits per heavy atom. The molecule has 9 heteroatoms. The van der Waals surface area contributed by atoms with Gasteiger partial charge in [-0.1, -0.05) is 19.9 Å². The van der Waals surface area contributed by atoms with Gasteiger partial charge in [0.25, 0.3) is 11.8 Å². The first kappa shape index (κ1) is 18.7. The lowest BCUT2D eigenvalue weighted by atomic mass is 9.95. The molecular formula is C20H22N6O3. The minimum Gasteiger partial charge on any atom is -0.482 e. The fourth-order valence-electron chi connectivity index (χ4n) is 3.39. The Labute approximate surface area is 167 Å². The summed E-state index contributed by atoms with van der Waals surface area (Å²) in [5.41, 5.74) is 2.64. The number of nitrogens with zero attached hydrogens (tertiary/aromatic N) is 2. The summed E-state index contributed by atoms with van der Waals surface area (Å²) in [7, 11) is 1.58. The van der Waals surface area contributed by atoms with Crippen LogP contribution in [0.3, 0.4) is 0 Å². The third-order valence-corrected chi connectivity index (χ3v) is 4.85. The van der Waals surface area contributed by atoms with E-state index in [2.05, 4.69) is 44.7 Å². The van der Waals surface area contributed by atoms with E-state index in [0.717, 1.165) is 10.9 Å². The summed E-state index contributed by atoms with van der Waals surface area (Å²) in [5, 5.41) is 9.63. The van der Waals surface area contributed by atoms with E-state index in [9.17, 15) is 9.59 Å². The first-order chi connectivity index (χ1) is 14.0. The van der Waals surface area contributed by atoms with Crippen LogP contribution in [0.25, 0.3) is 11.0 Å². The summed E-state index contributed by atoms with van der Waals surface area (Å²) >= 11 is 0. The van der Waals surface area contributed by atoms with Crippen molar-refractivity contribution in [2.45, 2.75) is 19.9 Å². The third-order valence-electron chi connectivity index (χ3n) is 4.85. The number of hydrogen-bond donors (Lipinski definition) is 4. The fraction of sp³-hybridized carbons (Fsp3) is 0.300. The molecule has 0 saturated heterocycles. The molecule has 1 atom stereocenters. The number of anilines is 2. The molecule has 0 saturated carbocycles. The number of carbonyl (C=O) groups excluding carboxylic acids is 2. The average Bonchev–Trinajstić information content (AvgIpc) is 3.15. The lowest BCUT2D eigenvalue weighted by Gasteiger charge is -2.26. The number of H-pyrrole nitrogens is 1. The average molecular weight is 394 g/mol. The highest BCUT2D eigenvalue weighted by molar-refractivity contribution is 5.99. The number of ether oxygens (including phenoxy) is 1. The van der Waals surface area contributed by atoms with Crippen molar-refractivity contribution in [2.75, 3.05) is 24.3 Å². The maximum atomic E-state index is 12.0. The van der Waals surface area contributed by atoms with Crippen LogP contribution in [0.4, 0.5) is 11.5 Å². The molecule has 0 bridgehead atoms. The molecule has 0 radical (unpaired) electrons. The quantitative estimate of drug-likeness (QED) is 0.527. The number of aromatic nitrogens is 3. The van der Waals surface area contributed by atoms with Crippen molar-refractivity contribution < 1.29 is 14.3 Å². The lowest BCUT2D eigenvalue weighted by Crippen LogP contribution is -2.26. The minimum atomic E-state index is -0.222. The van der Waals surface area contributed by atoms with Crippen LogP contribution in [-0.2, 0) is 4.79 Å². The Hall–Kier alpha value is -3.62. The van der Waals surface area contributed by atoms with Gasteiger partial charge in [-0.3, -0.25) is 9.59 Å². The summed E-state index contributed by atoms with van der Waals surface area (Å²) in [6, 6.07) is 7.39. The van der Waals surface area contributed by atoms with Gasteiger partial charge in [0.1, 0.15) is 29.2 Å². The zero-order chi connectivity index (χ0) is 20.5. The monoisotopic (exact) mass is 394 g/mol. The molecule has 1 aromatic carbocycles. The van der Waals surface area contributed by atoms with Gasteiger partial charge in [0.15, 0.2) is 6.61 Å². The van der Waals surface area contributed by atoms with Crippen LogP contribution < -0.4 is 20.7 Å². The van der Waals surface area contributed by atoms with Gasteiger partial charge in [-0.2, -0.15) is 0 Å². The largest absolute Gasteiger partial charge is 0.482 e. The summed E-state index contributed by atoms with van der Waals surface area (Å²) in [6.45, 7) is 4.22. The molecule has 2 aromatic heterocycles. The van der Waals surface area contributed by atoms with Gasteiger partial charge in [-0.25, -0.2) is 9.97 Å². The highest BCUT2D eigenvalue weighted by atomic mass is 16.5. The summed E-state index contributed by atoms with van der Waals surface area (Å²) in [4.78, 5) is 35.2. The highest BCUT2D eigenvalue weighted by Crippen LogP contribution is 2.35. The van der Waals surface area contributed by atoms with E-state index in [4.69, 9.17) is 4.74 Å². The van der Waals surface area contributed by atoms with Crippen LogP contribution in [0, 0.1) is 5.92 Å². The van der Waals surface area contributed by atoms with Crippen LogP contribution in [0.2, 0.25) is 0 Å². The van der Waals surface area contributed by atoms with Gasteiger partial charge in [0.2, 0.25) is 0 Å². The lowest BCUT2D eigenvalue weighted by molar-refractivity contribution is -0.118. The van der Waals surface area contributed by atoms with Gasteiger partial charge in [-0.15, -0.1) is 0 Å². The van der Waals surface area contributed by atoms with Crippen LogP contribution >= 0.6 is 0 Å². The SMILES string of the molecule is CNC(=O)c1cc2c(N[C@@H](c3ccc4c(c3)NC(=O)CO4)C(C)C)ncnc2[nH]1. The molecule has 1 aliphatic heterocycles. The van der Waals surface area contributed by atoms with E-state index in [0.29, 0.717) is 28.6 Å². The highest BCUT2D eigenvalue weighted by Gasteiger charge is 2.22. The van der Waals surface area contributed by atoms with E-state index < -0.39 is 0 Å². The number of aromatic amines is 1. The van der Waals surface area contributed by atoms with E-state index in [-0.39, 0.29) is 30.4 Å². The summed E-state index contributed by atoms with van der Waals surface area (Å²) in [6.07, 6.45) is 1.45. The van der Waals surface area contributed by atoms with Crippen molar-refractivity contribution >= 4 is 34.4 Å². The van der Waals surface area contributed by atoms with Crippen molar-refractivity contribution in [3.63, 3.8) is 0 Å². The molecule has 9 nitrogen and oxygen atoms in total. The van der Waals surface area contributed by atoms with Gasteiger partial charge < -0.3 is 25.7 Å². The van der Waals surface area contributed by atoms with Crippen LogP contribution in [-0.4, -0.2) is 40.4 Å². The third kappa shape index (κ3) is 3.58. The van der Waals surface area contributed by atoms with Gasteiger partial charge in [0.05, 0.1) is 17.1 Å². The van der Waals surface area contributed by atoms with Crippen LogP contribution in [0.1, 0.15) is 35.9 Å². The number of fused-ring (bicyclic) bond motifs is 2. The predicted octanol–water partition coefficient (Wildman–Crippen LogP) is 2.46. The maximum Gasteiger partial charge on any atom is 0.267 e. The van der Waals surface area contributed by atoms with E-state index >= 15 is 0 Å². The number of hydrogen-bond acceptors (Lipinski definition) is 6. The molecule has 0 spiro atoms. The molecule has 29 heavy (non-hydrogen) atoms. The Morgan fingerprint density at radius 2 is 2.07 bits per heavy atom. The fourth-order valence-corrected chi connectivity index (χ4v) is 3.39. The number of nitrogens with one attached hydrogen (secondary N) is 4. The summed E-state index contributed by atoms with van der Waals surface area (Å²) in [5.74, 6) is 1.10. The first-order valence-corrected chi connectivity index (χ1v) is 9.35. The van der Waals surface area contributed by atoms with Crippen molar-refractivity contribution in [1.82, 2.24) is 20.3 Å². The smallest absolute Gasteiger partial charge is 0.267 e. The van der Waals surface area contributed by atoms with Gasteiger partial charge in [-0.05, 0) is 29.7 Å². The Morgan fingerprint density at radius 3 is 2.83 bits per heavy atom. The molecule has 0 unspecified atom stereocenters. The Kier molecular flexibility index (Phi) is 4.79. The second kappa shape index (κ2) is 7.42. The van der Waals surface area contributed by atoms with E-state index in [1.807, 2.05) is 18.2 Å². The molecule has 1 aliphatic rings. The normalized spacial score (nSPS) is 14.1. The standard InChI is InChI=1S/C20H22N6O3/c1-10(2)17(11-4-5-15-13(6-11)24-16(27)8-29-15)26-19-12-7-14(20(28)21-3)25-18(12)22-9-23-19/h4-7,9-10,17H,8H2,1-3H3,(H,21,28)(H,24,27)(H2,22,23,25,26)/t17-/m1/s1. The Balaban J connectivity index is 1.69. The van der Waals surface area contributed by atoms with Crippen molar-refractivity contribution in [2.24, 2.45) is 5.92 Å². The van der Waals surface area contributed by atoms with E-state index in [1.54, 1.807) is 13.1 Å². The van der Waals surface area contributed by atoms with Gasteiger partial charge >= 0.3 is 0 Å². The molecule has 4 N–H and O–H groups in total. The first-order valence-electron chi connectivity index (χ1n) is 9.35. The number of benzene rings is 1. The van der Waals surface area contributed by atoms with Crippen LogP contribution in [0.5, 0.6) is 5.75 Å². The molecule has 150 valence electrons. The van der Waals surface area contributed by atoms with Crippen LogP contribution in [0.15, 0.2) is 30.6 Å². The van der Waals surface area contributed by atoms with Gasteiger partial charge in [0, 0.05) is 7.05 Å². The number of amides is 2. The van der Waals surface area contributed by atoms with Crippen molar-refractivity contribution in [1.29, 1.82) is 0 Å². The molecule has 2 amide bonds. The molecule has 3 heterocycles. The predicted molar refractivity (Wildman–Crippen MR) is 109 cm³/mol. The van der Waals surface area contributed by atoms with Crippen molar-refractivity contribution in [3.05, 3.63) is 41.9 Å². The molecule has 3 aromatic rings. The second-order valence-corrected chi connectivity index (χ2v) is 7.21. The number of rotatable bonds is 5. The zero-order valence-electron chi connectivity index (χ0n) is 16.4. The van der Waals surface area contributed by atoms with E-state index in [1.165, 1.54) is 6.33 Å². The zero-order valence-corrected chi connectivity index (χ0v) is 16.4. The maximum absolute atomic E-state index is 12.0. The number of carbonyl (C=O) groups is 2. The summed E-state index contributed by atoms with van der Waals surface area (Å²) < 4.78 is 5.45. The molecule has 0 fully saturated rings. The molecular weight excluding hydrogens is 372 g/mol. The molecule has 0 aliphatic carbocycles. The second-order valence-electron chi connectivity index (χ2n) is 7.21. The molecule has 4 rings (SSSR count). The topological polar surface area (TPSA) is 121 Å².